The van der Waals surface area contributed by atoms with Crippen molar-refractivity contribution < 1.29 is 29.0 Å². The molecule has 0 saturated carbocycles. The molecule has 2 heterocycles. The number of nitrogens with zero attached hydrogens (tertiary/aromatic N) is 2. The van der Waals surface area contributed by atoms with E-state index in [4.69, 9.17) is 9.84 Å². The maximum absolute atomic E-state index is 12.7. The summed E-state index contributed by atoms with van der Waals surface area (Å²) in [4.78, 5) is 51.3. The monoisotopic (exact) mass is 544 g/mol. The fourth-order valence-corrected chi connectivity index (χ4v) is 4.97. The van der Waals surface area contributed by atoms with Gasteiger partial charge in [-0.15, -0.1) is 0 Å². The number of ether oxygens (including phenoxy) is 1. The fraction of sp³-hybridized carbons (Fsp3) is 0.250. The van der Waals surface area contributed by atoms with E-state index in [-0.39, 0.29) is 29.5 Å². The molecule has 8 nitrogen and oxygen atoms in total. The van der Waals surface area contributed by atoms with Crippen LogP contribution >= 0.6 is 27.7 Å². The highest BCUT2D eigenvalue weighted by atomic mass is 79.9. The standard InChI is InChI=1S/C24H21BrN2O6S/c25-18-11-16(5-8-19(18)33-14-15-3-6-17(7-4-15)23(30)31)12-20-22(29)27(24(32)34-20)13-21(28)26-9-1-2-10-26/h3-8,11-12H,1-2,9-10,13-14H2,(H,30,31)/b20-12+. The van der Waals surface area contributed by atoms with Gasteiger partial charge in [-0.25, -0.2) is 4.79 Å². The first-order valence-electron chi connectivity index (χ1n) is 10.6. The zero-order valence-electron chi connectivity index (χ0n) is 18.0. The number of amides is 3. The Hall–Kier alpha value is -3.11. The topological polar surface area (TPSA) is 104 Å². The largest absolute Gasteiger partial charge is 0.488 e. The molecule has 2 aliphatic rings. The molecule has 2 fully saturated rings. The fourth-order valence-electron chi connectivity index (χ4n) is 3.62. The lowest BCUT2D eigenvalue weighted by Crippen LogP contribution is -2.40. The Morgan fingerprint density at radius 2 is 1.79 bits per heavy atom. The number of carbonyl (C=O) groups is 4. The molecule has 2 aromatic carbocycles. The summed E-state index contributed by atoms with van der Waals surface area (Å²) in [6, 6.07) is 11.7. The number of carbonyl (C=O) groups excluding carboxylic acids is 3. The number of rotatable bonds is 7. The van der Waals surface area contributed by atoms with Crippen molar-refractivity contribution in [3.8, 4) is 5.75 Å². The van der Waals surface area contributed by atoms with Crippen molar-refractivity contribution in [3.63, 3.8) is 0 Å². The summed E-state index contributed by atoms with van der Waals surface area (Å²) in [7, 11) is 0. The van der Waals surface area contributed by atoms with Crippen LogP contribution in [0.4, 0.5) is 4.79 Å². The van der Waals surface area contributed by atoms with Crippen LogP contribution < -0.4 is 4.74 Å². The Labute approximate surface area is 208 Å². The number of aromatic carboxylic acids is 1. The summed E-state index contributed by atoms with van der Waals surface area (Å²) in [5.41, 5.74) is 1.72. The van der Waals surface area contributed by atoms with Crippen LogP contribution in [-0.2, 0) is 16.2 Å². The number of thioether (sulfide) groups is 1. The quantitative estimate of drug-likeness (QED) is 0.515. The van der Waals surface area contributed by atoms with E-state index in [0.717, 1.165) is 35.1 Å². The minimum Gasteiger partial charge on any atom is -0.488 e. The molecule has 10 heteroatoms. The van der Waals surface area contributed by atoms with Gasteiger partial charge in [-0.2, -0.15) is 0 Å². The van der Waals surface area contributed by atoms with Crippen molar-refractivity contribution in [2.45, 2.75) is 19.4 Å². The van der Waals surface area contributed by atoms with Crippen LogP contribution in [0.15, 0.2) is 51.8 Å². The van der Waals surface area contributed by atoms with Gasteiger partial charge in [0.1, 0.15) is 18.9 Å². The Morgan fingerprint density at radius 1 is 1.09 bits per heavy atom. The lowest BCUT2D eigenvalue weighted by atomic mass is 10.1. The SMILES string of the molecule is O=C(O)c1ccc(COc2ccc(/C=C3/SC(=O)N(CC(=O)N4CCCC4)C3=O)cc2Br)cc1. The molecule has 0 radical (unpaired) electrons. The first-order chi connectivity index (χ1) is 16.3. The normalized spacial score (nSPS) is 17.0. The highest BCUT2D eigenvalue weighted by Gasteiger charge is 2.37. The third-order valence-electron chi connectivity index (χ3n) is 5.47. The second-order valence-corrected chi connectivity index (χ2v) is 9.68. The van der Waals surface area contributed by atoms with Gasteiger partial charge in [-0.3, -0.25) is 19.3 Å². The first-order valence-corrected chi connectivity index (χ1v) is 12.2. The molecule has 2 aromatic rings. The number of hydrogen-bond donors (Lipinski definition) is 1. The van der Waals surface area contributed by atoms with Crippen LogP contribution in [0.2, 0.25) is 0 Å². The van der Waals surface area contributed by atoms with Crippen LogP contribution in [0.1, 0.15) is 34.3 Å². The Kier molecular flexibility index (Phi) is 7.38. The second-order valence-electron chi connectivity index (χ2n) is 7.84. The first kappa shape index (κ1) is 24.0. The molecule has 1 N–H and O–H groups in total. The van der Waals surface area contributed by atoms with Crippen molar-refractivity contribution in [1.82, 2.24) is 9.80 Å². The van der Waals surface area contributed by atoms with Gasteiger partial charge in [-0.05, 0) is 82.0 Å². The van der Waals surface area contributed by atoms with Gasteiger partial charge in [0.15, 0.2) is 0 Å². The van der Waals surface area contributed by atoms with Gasteiger partial charge in [0.25, 0.3) is 11.1 Å². The van der Waals surface area contributed by atoms with E-state index < -0.39 is 17.1 Å². The lowest BCUT2D eigenvalue weighted by Gasteiger charge is -2.18. The number of likely N-dealkylation sites (tertiary alicyclic amines) is 1. The molecule has 2 aliphatic heterocycles. The Morgan fingerprint density at radius 3 is 2.44 bits per heavy atom. The van der Waals surface area contributed by atoms with Crippen molar-refractivity contribution in [2.24, 2.45) is 0 Å². The van der Waals surface area contributed by atoms with Gasteiger partial charge in [-0.1, -0.05) is 18.2 Å². The summed E-state index contributed by atoms with van der Waals surface area (Å²) in [5.74, 6) is -1.09. The predicted octanol–water partition coefficient (Wildman–Crippen LogP) is 4.39. The summed E-state index contributed by atoms with van der Waals surface area (Å²) < 4.78 is 6.46. The zero-order chi connectivity index (χ0) is 24.2. The molecule has 176 valence electrons. The second kappa shape index (κ2) is 10.4. The maximum Gasteiger partial charge on any atom is 0.335 e. The van der Waals surface area contributed by atoms with Crippen LogP contribution in [0.3, 0.4) is 0 Å². The average Bonchev–Trinajstić information content (AvgIpc) is 3.44. The number of carboxylic acids is 1. The van der Waals surface area contributed by atoms with E-state index in [1.54, 1.807) is 41.3 Å². The molecule has 0 spiro atoms. The van der Waals surface area contributed by atoms with E-state index in [2.05, 4.69) is 15.9 Å². The van der Waals surface area contributed by atoms with E-state index >= 15 is 0 Å². The van der Waals surface area contributed by atoms with Crippen molar-refractivity contribution >= 4 is 56.8 Å². The van der Waals surface area contributed by atoms with E-state index in [9.17, 15) is 19.2 Å². The molecule has 3 amide bonds. The highest BCUT2D eigenvalue weighted by Crippen LogP contribution is 2.34. The lowest BCUT2D eigenvalue weighted by molar-refractivity contribution is -0.135. The summed E-state index contributed by atoms with van der Waals surface area (Å²) in [6.45, 7) is 1.36. The zero-order valence-corrected chi connectivity index (χ0v) is 20.4. The highest BCUT2D eigenvalue weighted by molar-refractivity contribution is 9.10. The average molecular weight is 545 g/mol. The van der Waals surface area contributed by atoms with Gasteiger partial charge in [0.05, 0.1) is 14.9 Å². The summed E-state index contributed by atoms with van der Waals surface area (Å²) in [5, 5.41) is 8.53. The number of hydrogen-bond acceptors (Lipinski definition) is 6. The maximum atomic E-state index is 12.7. The summed E-state index contributed by atoms with van der Waals surface area (Å²) in [6.07, 6.45) is 3.50. The Bertz CT molecular complexity index is 1170. The smallest absolute Gasteiger partial charge is 0.335 e. The molecule has 34 heavy (non-hydrogen) atoms. The van der Waals surface area contributed by atoms with Crippen molar-refractivity contribution in [3.05, 3.63) is 68.5 Å². The predicted molar refractivity (Wildman–Crippen MR) is 130 cm³/mol. The molecule has 0 unspecified atom stereocenters. The van der Waals surface area contributed by atoms with Crippen LogP contribution in [0.5, 0.6) is 5.75 Å². The molecule has 0 aromatic heterocycles. The van der Waals surface area contributed by atoms with Gasteiger partial charge >= 0.3 is 5.97 Å². The van der Waals surface area contributed by atoms with Crippen molar-refractivity contribution in [2.75, 3.05) is 19.6 Å². The van der Waals surface area contributed by atoms with Crippen LogP contribution in [0, 0.1) is 0 Å². The van der Waals surface area contributed by atoms with E-state index in [1.807, 2.05) is 0 Å². The molecule has 0 atom stereocenters. The molecule has 0 bridgehead atoms. The molecule has 4 rings (SSSR count). The number of carboxylic acid groups (broad SMARTS) is 1. The van der Waals surface area contributed by atoms with Gasteiger partial charge in [0, 0.05) is 13.1 Å². The third kappa shape index (κ3) is 5.51. The van der Waals surface area contributed by atoms with Crippen LogP contribution in [0.25, 0.3) is 6.08 Å². The number of imide groups is 1. The number of halogens is 1. The molecule has 0 aliphatic carbocycles. The van der Waals surface area contributed by atoms with Gasteiger partial charge < -0.3 is 14.7 Å². The van der Waals surface area contributed by atoms with Gasteiger partial charge in [0.2, 0.25) is 5.91 Å². The van der Waals surface area contributed by atoms with E-state index in [1.165, 1.54) is 12.1 Å². The molecular formula is C24H21BrN2O6S. The minimum atomic E-state index is -0.984. The minimum absolute atomic E-state index is 0.206. The van der Waals surface area contributed by atoms with Crippen LogP contribution in [-0.4, -0.2) is 57.6 Å². The van der Waals surface area contributed by atoms with Crippen molar-refractivity contribution in [1.29, 1.82) is 0 Å². The van der Waals surface area contributed by atoms with E-state index in [0.29, 0.717) is 28.9 Å². The number of benzene rings is 2. The third-order valence-corrected chi connectivity index (χ3v) is 7.00. The summed E-state index contributed by atoms with van der Waals surface area (Å²) >= 11 is 4.28. The Balaban J connectivity index is 1.39. The molecule has 2 saturated heterocycles. The molecular weight excluding hydrogens is 524 g/mol.